The minimum absolute atomic E-state index is 0.0489. The number of carbonyl (C=O) groups is 1. The van der Waals surface area contributed by atoms with Crippen molar-refractivity contribution in [2.75, 3.05) is 32.6 Å². The van der Waals surface area contributed by atoms with E-state index < -0.39 is 9.84 Å². The molecule has 1 aliphatic heterocycles. The zero-order valence-corrected chi connectivity index (χ0v) is 16.1. The third kappa shape index (κ3) is 4.88. The van der Waals surface area contributed by atoms with E-state index in [4.69, 9.17) is 4.74 Å². The summed E-state index contributed by atoms with van der Waals surface area (Å²) in [4.78, 5) is 18.8. The van der Waals surface area contributed by atoms with Crippen molar-refractivity contribution in [1.29, 1.82) is 0 Å². The van der Waals surface area contributed by atoms with Gasteiger partial charge in [-0.2, -0.15) is 0 Å². The fourth-order valence-corrected chi connectivity index (χ4v) is 3.96. The summed E-state index contributed by atoms with van der Waals surface area (Å²) in [5.41, 5.74) is 1.46. The largest absolute Gasteiger partial charge is 0.378 e. The first-order valence-electron chi connectivity index (χ1n) is 8.24. The predicted molar refractivity (Wildman–Crippen MR) is 98.9 cm³/mol. The van der Waals surface area contributed by atoms with Gasteiger partial charge in [-0.3, -0.25) is 4.79 Å². The quantitative estimate of drug-likeness (QED) is 0.793. The molecule has 0 spiro atoms. The molecule has 2 aromatic rings. The number of sulfone groups is 1. The van der Waals surface area contributed by atoms with E-state index in [-0.39, 0.29) is 5.91 Å². The Morgan fingerprint density at radius 2 is 1.92 bits per heavy atom. The lowest BCUT2D eigenvalue weighted by atomic mass is 10.2. The van der Waals surface area contributed by atoms with Crippen LogP contribution in [-0.4, -0.2) is 56.8 Å². The molecule has 1 aliphatic rings. The van der Waals surface area contributed by atoms with Crippen LogP contribution in [0.25, 0.3) is 0 Å². The lowest BCUT2D eigenvalue weighted by Crippen LogP contribution is -2.40. The molecule has 7 nitrogen and oxygen atoms in total. The van der Waals surface area contributed by atoms with E-state index in [1.807, 2.05) is 0 Å². The average Bonchev–Trinajstić information content (AvgIpc) is 3.10. The number of hydrogen-bond donors (Lipinski definition) is 1. The van der Waals surface area contributed by atoms with E-state index in [1.165, 1.54) is 17.6 Å². The highest BCUT2D eigenvalue weighted by atomic mass is 32.2. The smallest absolute Gasteiger partial charge is 0.273 e. The van der Waals surface area contributed by atoms with Gasteiger partial charge in [0, 0.05) is 37.8 Å². The number of thiazole rings is 1. The van der Waals surface area contributed by atoms with E-state index in [0.29, 0.717) is 50.0 Å². The topological polar surface area (TPSA) is 88.6 Å². The van der Waals surface area contributed by atoms with Gasteiger partial charge in [0.1, 0.15) is 10.7 Å². The molecule has 0 aliphatic carbocycles. The lowest BCUT2D eigenvalue weighted by molar-refractivity contribution is 0.0299. The van der Waals surface area contributed by atoms with Crippen LogP contribution >= 0.6 is 11.3 Å². The molecular weight excluding hydrogens is 374 g/mol. The maximum atomic E-state index is 12.4. The molecule has 0 atom stereocenters. The number of morpholine rings is 1. The Labute approximate surface area is 156 Å². The van der Waals surface area contributed by atoms with Gasteiger partial charge in [0.25, 0.3) is 5.91 Å². The van der Waals surface area contributed by atoms with Crippen LogP contribution in [0, 0.1) is 0 Å². The molecule has 9 heteroatoms. The SMILES string of the molecule is CS(=O)(=O)c1ccc(CNCc2nc(C(=O)N3CCOCC3)cs2)cc1. The number of ether oxygens (including phenoxy) is 1. The third-order valence-electron chi connectivity index (χ3n) is 4.03. The number of rotatable bonds is 6. The van der Waals surface area contributed by atoms with Crippen molar-refractivity contribution in [3.8, 4) is 0 Å². The fourth-order valence-electron chi connectivity index (χ4n) is 2.59. The summed E-state index contributed by atoms with van der Waals surface area (Å²) < 4.78 is 28.2. The zero-order chi connectivity index (χ0) is 18.6. The number of amides is 1. The van der Waals surface area contributed by atoms with Crippen LogP contribution in [0.3, 0.4) is 0 Å². The average molecular weight is 396 g/mol. The summed E-state index contributed by atoms with van der Waals surface area (Å²) in [6.07, 6.45) is 1.19. The molecule has 1 amide bonds. The summed E-state index contributed by atoms with van der Waals surface area (Å²) >= 11 is 1.45. The van der Waals surface area contributed by atoms with Crippen molar-refractivity contribution < 1.29 is 17.9 Å². The molecule has 0 bridgehead atoms. The van der Waals surface area contributed by atoms with E-state index in [9.17, 15) is 13.2 Å². The van der Waals surface area contributed by atoms with Gasteiger partial charge in [-0.15, -0.1) is 11.3 Å². The molecule has 0 saturated carbocycles. The highest BCUT2D eigenvalue weighted by Gasteiger charge is 2.20. The number of aromatic nitrogens is 1. The van der Waals surface area contributed by atoms with Crippen molar-refractivity contribution in [3.63, 3.8) is 0 Å². The molecule has 1 aromatic carbocycles. The molecule has 26 heavy (non-hydrogen) atoms. The molecule has 1 saturated heterocycles. The highest BCUT2D eigenvalue weighted by molar-refractivity contribution is 7.90. The summed E-state index contributed by atoms with van der Waals surface area (Å²) in [5, 5.41) is 5.89. The van der Waals surface area contributed by atoms with Gasteiger partial charge in [0.15, 0.2) is 9.84 Å². The first-order chi connectivity index (χ1) is 12.4. The van der Waals surface area contributed by atoms with Gasteiger partial charge >= 0.3 is 0 Å². The van der Waals surface area contributed by atoms with Crippen LogP contribution in [0.5, 0.6) is 0 Å². The summed E-state index contributed by atoms with van der Waals surface area (Å²) in [7, 11) is -3.17. The normalized spacial score (nSPS) is 15.2. The standard InChI is InChI=1S/C17H21N3O4S2/c1-26(22,23)14-4-2-13(3-5-14)10-18-11-16-19-15(12-25-16)17(21)20-6-8-24-9-7-20/h2-5,12,18H,6-11H2,1H3. The molecule has 0 radical (unpaired) electrons. The Hall–Kier alpha value is -1.81. The monoisotopic (exact) mass is 395 g/mol. The molecule has 1 fully saturated rings. The maximum absolute atomic E-state index is 12.4. The van der Waals surface area contributed by atoms with Crippen molar-refractivity contribution in [3.05, 3.63) is 45.9 Å². The molecule has 140 valence electrons. The van der Waals surface area contributed by atoms with E-state index in [2.05, 4.69) is 10.3 Å². The Morgan fingerprint density at radius 3 is 2.58 bits per heavy atom. The fraction of sp³-hybridized carbons (Fsp3) is 0.412. The van der Waals surface area contributed by atoms with Crippen molar-refractivity contribution in [1.82, 2.24) is 15.2 Å². The molecule has 0 unspecified atom stereocenters. The van der Waals surface area contributed by atoms with Gasteiger partial charge in [-0.25, -0.2) is 13.4 Å². The first-order valence-corrected chi connectivity index (χ1v) is 11.0. The molecule has 3 rings (SSSR count). The highest BCUT2D eigenvalue weighted by Crippen LogP contribution is 2.14. The van der Waals surface area contributed by atoms with Crippen LogP contribution in [0.2, 0.25) is 0 Å². The number of benzene rings is 1. The third-order valence-corrected chi connectivity index (χ3v) is 6.00. The summed E-state index contributed by atoms with van der Waals surface area (Å²) in [6, 6.07) is 6.79. The van der Waals surface area contributed by atoms with Crippen LogP contribution in [-0.2, 0) is 27.7 Å². The van der Waals surface area contributed by atoms with Crippen LogP contribution in [0.1, 0.15) is 21.1 Å². The van der Waals surface area contributed by atoms with Gasteiger partial charge in [0.2, 0.25) is 0 Å². The number of nitrogens with zero attached hydrogens (tertiary/aromatic N) is 2. The summed E-state index contributed by atoms with van der Waals surface area (Å²) in [6.45, 7) is 3.50. The lowest BCUT2D eigenvalue weighted by Gasteiger charge is -2.25. The number of nitrogens with one attached hydrogen (secondary N) is 1. The Balaban J connectivity index is 1.51. The molecule has 2 heterocycles. The second-order valence-corrected chi connectivity index (χ2v) is 9.01. The zero-order valence-electron chi connectivity index (χ0n) is 14.5. The van der Waals surface area contributed by atoms with Gasteiger partial charge in [-0.1, -0.05) is 12.1 Å². The molecule has 1 aromatic heterocycles. The maximum Gasteiger partial charge on any atom is 0.273 e. The molecular formula is C17H21N3O4S2. The van der Waals surface area contributed by atoms with Gasteiger partial charge in [-0.05, 0) is 17.7 Å². The second kappa shape index (κ2) is 8.26. The van der Waals surface area contributed by atoms with Crippen LogP contribution in [0.4, 0.5) is 0 Å². The first kappa shape index (κ1) is 19.0. The minimum atomic E-state index is -3.17. The van der Waals surface area contributed by atoms with E-state index in [1.54, 1.807) is 34.5 Å². The number of hydrogen-bond acceptors (Lipinski definition) is 7. The number of carbonyl (C=O) groups excluding carboxylic acids is 1. The summed E-state index contributed by atoms with van der Waals surface area (Å²) in [5.74, 6) is -0.0489. The van der Waals surface area contributed by atoms with Crippen molar-refractivity contribution >= 4 is 27.1 Å². The second-order valence-electron chi connectivity index (χ2n) is 6.05. The van der Waals surface area contributed by atoms with E-state index in [0.717, 1.165) is 10.6 Å². The Morgan fingerprint density at radius 1 is 1.23 bits per heavy atom. The van der Waals surface area contributed by atoms with Crippen molar-refractivity contribution in [2.24, 2.45) is 0 Å². The minimum Gasteiger partial charge on any atom is -0.378 e. The van der Waals surface area contributed by atoms with Crippen molar-refractivity contribution in [2.45, 2.75) is 18.0 Å². The van der Waals surface area contributed by atoms with Crippen LogP contribution < -0.4 is 5.32 Å². The van der Waals surface area contributed by atoms with Gasteiger partial charge < -0.3 is 15.0 Å². The van der Waals surface area contributed by atoms with Gasteiger partial charge in [0.05, 0.1) is 18.1 Å². The van der Waals surface area contributed by atoms with E-state index >= 15 is 0 Å². The molecule has 1 N–H and O–H groups in total. The predicted octanol–water partition coefficient (Wildman–Crippen LogP) is 1.31. The Bertz CT molecular complexity index is 856. The Kier molecular flexibility index (Phi) is 6.02. The van der Waals surface area contributed by atoms with Crippen LogP contribution in [0.15, 0.2) is 34.5 Å².